The van der Waals surface area contributed by atoms with Gasteiger partial charge >= 0.3 is 0 Å². The number of methoxy groups -OCH3 is 1. The Kier molecular flexibility index (Phi) is 7.48. The average molecular weight is 269 g/mol. The summed E-state index contributed by atoms with van der Waals surface area (Å²) < 4.78 is 4.77. The van der Waals surface area contributed by atoms with E-state index in [4.69, 9.17) is 4.74 Å². The maximum absolute atomic E-state index is 11.5. The van der Waals surface area contributed by atoms with Gasteiger partial charge in [0.1, 0.15) is 0 Å². The number of thioether (sulfide) groups is 1. The van der Waals surface area contributed by atoms with Crippen LogP contribution in [0.15, 0.2) is 35.2 Å². The quantitative estimate of drug-likeness (QED) is 0.698. The molecule has 5 heteroatoms. The van der Waals surface area contributed by atoms with Gasteiger partial charge in [-0.05, 0) is 12.1 Å². The second-order valence-electron chi connectivity index (χ2n) is 3.82. The third-order valence-corrected chi connectivity index (χ3v) is 3.25. The molecule has 1 unspecified atom stereocenters. The molecule has 18 heavy (non-hydrogen) atoms. The van der Waals surface area contributed by atoms with Crippen molar-refractivity contribution in [2.24, 2.45) is 0 Å². The molecule has 0 aliphatic rings. The van der Waals surface area contributed by atoms with Gasteiger partial charge in [0.25, 0.3) is 0 Å². The van der Waals surface area contributed by atoms with Crippen molar-refractivity contribution in [3.05, 3.63) is 30.3 Å². The van der Waals surface area contributed by atoms with E-state index < -0.39 is 6.10 Å². The molecule has 0 fully saturated rings. The van der Waals surface area contributed by atoms with Crippen molar-refractivity contribution in [3.63, 3.8) is 0 Å². The minimum Gasteiger partial charge on any atom is -0.389 e. The molecule has 1 amide bonds. The number of carbonyl (C=O) groups excluding carboxylic acids is 1. The SMILES string of the molecule is COCC(O)CNC(=O)CCSc1ccccc1. The zero-order valence-electron chi connectivity index (χ0n) is 10.5. The molecule has 0 saturated heterocycles. The maximum Gasteiger partial charge on any atom is 0.220 e. The van der Waals surface area contributed by atoms with Gasteiger partial charge in [-0.15, -0.1) is 11.8 Å². The summed E-state index contributed by atoms with van der Waals surface area (Å²) in [5, 5.41) is 12.0. The molecule has 0 radical (unpaired) electrons. The average Bonchev–Trinajstić information content (AvgIpc) is 2.38. The Bertz CT molecular complexity index is 345. The van der Waals surface area contributed by atoms with Crippen molar-refractivity contribution >= 4 is 17.7 Å². The summed E-state index contributed by atoms with van der Waals surface area (Å²) in [4.78, 5) is 12.6. The number of aliphatic hydroxyl groups excluding tert-OH is 1. The van der Waals surface area contributed by atoms with Gasteiger partial charge in [0.05, 0.1) is 12.7 Å². The van der Waals surface area contributed by atoms with Crippen LogP contribution in [-0.4, -0.2) is 43.1 Å². The fourth-order valence-electron chi connectivity index (χ4n) is 1.35. The molecule has 0 saturated carbocycles. The second kappa shape index (κ2) is 8.97. The van der Waals surface area contributed by atoms with E-state index in [-0.39, 0.29) is 19.1 Å². The number of hydrogen-bond acceptors (Lipinski definition) is 4. The Balaban J connectivity index is 2.10. The van der Waals surface area contributed by atoms with Crippen LogP contribution in [0.3, 0.4) is 0 Å². The van der Waals surface area contributed by atoms with Crippen LogP contribution in [0.5, 0.6) is 0 Å². The van der Waals surface area contributed by atoms with Crippen molar-refractivity contribution in [1.82, 2.24) is 5.32 Å². The van der Waals surface area contributed by atoms with Gasteiger partial charge in [0, 0.05) is 30.7 Å². The number of nitrogens with one attached hydrogen (secondary N) is 1. The van der Waals surface area contributed by atoms with E-state index in [1.54, 1.807) is 11.8 Å². The molecular weight excluding hydrogens is 250 g/mol. The predicted molar refractivity (Wildman–Crippen MR) is 72.7 cm³/mol. The van der Waals surface area contributed by atoms with E-state index in [0.717, 1.165) is 10.6 Å². The zero-order chi connectivity index (χ0) is 13.2. The highest BCUT2D eigenvalue weighted by Crippen LogP contribution is 2.17. The highest BCUT2D eigenvalue weighted by Gasteiger charge is 2.06. The summed E-state index contributed by atoms with van der Waals surface area (Å²) in [6.07, 6.45) is -0.195. The first-order valence-electron chi connectivity index (χ1n) is 5.84. The van der Waals surface area contributed by atoms with E-state index in [9.17, 15) is 9.90 Å². The van der Waals surface area contributed by atoms with Crippen molar-refractivity contribution in [3.8, 4) is 0 Å². The van der Waals surface area contributed by atoms with Crippen molar-refractivity contribution in [2.45, 2.75) is 17.4 Å². The summed E-state index contributed by atoms with van der Waals surface area (Å²) in [5.41, 5.74) is 0. The van der Waals surface area contributed by atoms with Crippen molar-refractivity contribution in [2.75, 3.05) is 26.0 Å². The van der Waals surface area contributed by atoms with E-state index in [2.05, 4.69) is 5.32 Å². The predicted octanol–water partition coefficient (Wildman–Crippen LogP) is 1.29. The molecule has 1 aromatic carbocycles. The highest BCUT2D eigenvalue weighted by atomic mass is 32.2. The lowest BCUT2D eigenvalue weighted by molar-refractivity contribution is -0.121. The fraction of sp³-hybridized carbons (Fsp3) is 0.462. The van der Waals surface area contributed by atoms with Crippen LogP contribution in [0.25, 0.3) is 0 Å². The summed E-state index contributed by atoms with van der Waals surface area (Å²) in [6, 6.07) is 9.96. The molecule has 1 rings (SSSR count). The number of amides is 1. The lowest BCUT2D eigenvalue weighted by atomic mass is 10.3. The van der Waals surface area contributed by atoms with Crippen LogP contribution >= 0.6 is 11.8 Å². The fourth-order valence-corrected chi connectivity index (χ4v) is 2.22. The van der Waals surface area contributed by atoms with Gasteiger partial charge in [0.15, 0.2) is 0 Å². The summed E-state index contributed by atoms with van der Waals surface area (Å²) >= 11 is 1.65. The van der Waals surface area contributed by atoms with Crippen LogP contribution in [0.4, 0.5) is 0 Å². The summed E-state index contributed by atoms with van der Waals surface area (Å²) in [7, 11) is 1.52. The molecule has 0 aliphatic heterocycles. The van der Waals surface area contributed by atoms with Crippen LogP contribution in [-0.2, 0) is 9.53 Å². The van der Waals surface area contributed by atoms with Gasteiger partial charge in [-0.1, -0.05) is 18.2 Å². The standard InChI is InChI=1S/C13H19NO3S/c1-17-10-11(15)9-14-13(16)7-8-18-12-5-3-2-4-6-12/h2-6,11,15H,7-10H2,1H3,(H,14,16). The van der Waals surface area contributed by atoms with E-state index in [1.807, 2.05) is 30.3 Å². The largest absolute Gasteiger partial charge is 0.389 e. The third-order valence-electron chi connectivity index (χ3n) is 2.23. The molecule has 0 aromatic heterocycles. The lowest BCUT2D eigenvalue weighted by Crippen LogP contribution is -2.34. The van der Waals surface area contributed by atoms with Gasteiger partial charge < -0.3 is 15.2 Å². The Morgan fingerprint density at radius 1 is 1.44 bits per heavy atom. The van der Waals surface area contributed by atoms with E-state index in [1.165, 1.54) is 7.11 Å². The van der Waals surface area contributed by atoms with Crippen LogP contribution in [0.2, 0.25) is 0 Å². The van der Waals surface area contributed by atoms with E-state index >= 15 is 0 Å². The zero-order valence-corrected chi connectivity index (χ0v) is 11.3. The summed E-state index contributed by atoms with van der Waals surface area (Å²) in [5.74, 6) is 0.685. The van der Waals surface area contributed by atoms with E-state index in [0.29, 0.717) is 6.42 Å². The molecule has 0 aliphatic carbocycles. The monoisotopic (exact) mass is 269 g/mol. The lowest BCUT2D eigenvalue weighted by Gasteiger charge is -2.10. The van der Waals surface area contributed by atoms with Gasteiger partial charge in [-0.3, -0.25) is 4.79 Å². The van der Waals surface area contributed by atoms with Crippen LogP contribution in [0, 0.1) is 0 Å². The van der Waals surface area contributed by atoms with Gasteiger partial charge in [-0.2, -0.15) is 0 Å². The Morgan fingerprint density at radius 3 is 2.83 bits per heavy atom. The Labute approximate surface area is 112 Å². The molecular formula is C13H19NO3S. The van der Waals surface area contributed by atoms with Gasteiger partial charge in [0.2, 0.25) is 5.91 Å². The number of ether oxygens (including phenoxy) is 1. The minimum atomic E-state index is -0.638. The first kappa shape index (κ1) is 15.0. The molecule has 0 spiro atoms. The topological polar surface area (TPSA) is 58.6 Å². The van der Waals surface area contributed by atoms with Crippen LogP contribution in [0.1, 0.15) is 6.42 Å². The molecule has 0 heterocycles. The number of rotatable bonds is 8. The van der Waals surface area contributed by atoms with Crippen LogP contribution < -0.4 is 5.32 Å². The third kappa shape index (κ3) is 6.64. The maximum atomic E-state index is 11.5. The highest BCUT2D eigenvalue weighted by molar-refractivity contribution is 7.99. The molecule has 1 aromatic rings. The number of hydrogen-bond donors (Lipinski definition) is 2. The van der Waals surface area contributed by atoms with Crippen molar-refractivity contribution < 1.29 is 14.6 Å². The first-order valence-corrected chi connectivity index (χ1v) is 6.82. The molecule has 1 atom stereocenters. The number of carbonyl (C=O) groups is 1. The number of aliphatic hydroxyl groups is 1. The Hall–Kier alpha value is -1.04. The minimum absolute atomic E-state index is 0.0476. The number of benzene rings is 1. The summed E-state index contributed by atoms with van der Waals surface area (Å²) in [6.45, 7) is 0.474. The van der Waals surface area contributed by atoms with Crippen molar-refractivity contribution in [1.29, 1.82) is 0 Å². The first-order chi connectivity index (χ1) is 8.72. The molecule has 0 bridgehead atoms. The molecule has 4 nitrogen and oxygen atoms in total. The normalized spacial score (nSPS) is 12.1. The second-order valence-corrected chi connectivity index (χ2v) is 4.99. The molecule has 100 valence electrons. The van der Waals surface area contributed by atoms with Gasteiger partial charge in [-0.25, -0.2) is 0 Å². The molecule has 2 N–H and O–H groups in total. The Morgan fingerprint density at radius 2 is 2.17 bits per heavy atom. The smallest absolute Gasteiger partial charge is 0.220 e.